The van der Waals surface area contributed by atoms with Crippen molar-refractivity contribution >= 4 is 5.97 Å². The fraction of sp³-hybridized carbons (Fsp3) is 0.833. The van der Waals surface area contributed by atoms with Gasteiger partial charge in [0.25, 0.3) is 0 Å². The topological polar surface area (TPSA) is 46.5 Å². The zero-order valence-electron chi connectivity index (χ0n) is 5.92. The van der Waals surface area contributed by atoms with Gasteiger partial charge in [0.05, 0.1) is 6.10 Å². The lowest BCUT2D eigenvalue weighted by molar-refractivity contribution is -0.156. The van der Waals surface area contributed by atoms with Gasteiger partial charge in [0.15, 0.2) is 0 Å². The number of rotatable bonds is 2. The molecule has 0 unspecified atom stereocenters. The Morgan fingerprint density at radius 2 is 1.89 bits per heavy atom. The smallest absolute Gasteiger partial charge is 0.334 e. The summed E-state index contributed by atoms with van der Waals surface area (Å²) in [5.41, 5.74) is 0. The van der Waals surface area contributed by atoms with Gasteiger partial charge >= 0.3 is 5.97 Å². The molecule has 0 rings (SSSR count). The van der Waals surface area contributed by atoms with Crippen LogP contribution in [-0.4, -0.2) is 23.3 Å². The van der Waals surface area contributed by atoms with E-state index < -0.39 is 12.1 Å². The van der Waals surface area contributed by atoms with Gasteiger partial charge in [-0.3, -0.25) is 0 Å². The molecule has 0 aromatic carbocycles. The van der Waals surface area contributed by atoms with Gasteiger partial charge < -0.3 is 9.84 Å². The van der Waals surface area contributed by atoms with Crippen molar-refractivity contribution in [1.82, 2.24) is 0 Å². The van der Waals surface area contributed by atoms with Crippen molar-refractivity contribution in [3.05, 3.63) is 0 Å². The molecule has 0 saturated carbocycles. The monoisotopic (exact) mass is 132 g/mol. The molecular weight excluding hydrogens is 120 g/mol. The molecule has 3 heteroatoms. The van der Waals surface area contributed by atoms with Crippen LogP contribution in [0.4, 0.5) is 0 Å². The fourth-order valence-electron chi connectivity index (χ4n) is 0.331. The zero-order chi connectivity index (χ0) is 7.44. The highest BCUT2D eigenvalue weighted by atomic mass is 16.6. The molecule has 3 nitrogen and oxygen atoms in total. The standard InChI is InChI=1S/C6H12O3/c1-4(2)9-6(8)5(3)7/h4-5,7H,1-3H3/t5-/m1/s1. The molecule has 0 saturated heterocycles. The quantitative estimate of drug-likeness (QED) is 0.550. The summed E-state index contributed by atoms with van der Waals surface area (Å²) in [5, 5.41) is 8.60. The molecule has 0 aliphatic heterocycles. The second kappa shape index (κ2) is 3.45. The Kier molecular flexibility index (Phi) is 3.24. The van der Waals surface area contributed by atoms with E-state index >= 15 is 0 Å². The van der Waals surface area contributed by atoms with Crippen LogP contribution in [0, 0.1) is 0 Å². The van der Waals surface area contributed by atoms with Gasteiger partial charge in [0.1, 0.15) is 6.10 Å². The molecular formula is C6H12O3. The van der Waals surface area contributed by atoms with E-state index in [1.54, 1.807) is 13.8 Å². The van der Waals surface area contributed by atoms with Gasteiger partial charge in [-0.25, -0.2) is 4.79 Å². The molecule has 0 fully saturated rings. The molecule has 0 radical (unpaired) electrons. The minimum atomic E-state index is -1.01. The Balaban J connectivity index is 3.51. The van der Waals surface area contributed by atoms with E-state index in [1.165, 1.54) is 6.92 Å². The molecule has 0 aliphatic rings. The van der Waals surface area contributed by atoms with Crippen molar-refractivity contribution in [3.63, 3.8) is 0 Å². The van der Waals surface area contributed by atoms with Crippen LogP contribution in [0.2, 0.25) is 0 Å². The van der Waals surface area contributed by atoms with Crippen molar-refractivity contribution in [2.75, 3.05) is 0 Å². The predicted molar refractivity (Wildman–Crippen MR) is 32.9 cm³/mol. The average molecular weight is 132 g/mol. The van der Waals surface area contributed by atoms with E-state index in [4.69, 9.17) is 5.11 Å². The third-order valence-electron chi connectivity index (χ3n) is 0.693. The first-order valence-electron chi connectivity index (χ1n) is 2.92. The molecule has 9 heavy (non-hydrogen) atoms. The highest BCUT2D eigenvalue weighted by molar-refractivity contribution is 5.73. The molecule has 0 spiro atoms. The predicted octanol–water partition coefficient (Wildman–Crippen LogP) is 0.319. The van der Waals surface area contributed by atoms with Crippen molar-refractivity contribution in [3.8, 4) is 0 Å². The van der Waals surface area contributed by atoms with Crippen LogP contribution in [0.15, 0.2) is 0 Å². The normalized spacial score (nSPS) is 13.4. The van der Waals surface area contributed by atoms with E-state index in [9.17, 15) is 4.79 Å². The minimum Gasteiger partial charge on any atom is -0.461 e. The summed E-state index contributed by atoms with van der Waals surface area (Å²) in [6.07, 6.45) is -1.15. The first-order chi connectivity index (χ1) is 4.04. The third-order valence-corrected chi connectivity index (χ3v) is 0.693. The van der Waals surface area contributed by atoms with E-state index in [-0.39, 0.29) is 6.10 Å². The Morgan fingerprint density at radius 3 is 2.00 bits per heavy atom. The second-order valence-corrected chi connectivity index (χ2v) is 2.16. The number of carbonyl (C=O) groups excluding carboxylic acids is 1. The second-order valence-electron chi connectivity index (χ2n) is 2.16. The first-order valence-corrected chi connectivity index (χ1v) is 2.92. The van der Waals surface area contributed by atoms with Crippen LogP contribution < -0.4 is 0 Å². The summed E-state index contributed by atoms with van der Waals surface area (Å²) in [6.45, 7) is 4.85. The highest BCUT2D eigenvalue weighted by Crippen LogP contribution is 1.92. The van der Waals surface area contributed by atoms with Gasteiger partial charge in [-0.2, -0.15) is 0 Å². The number of carbonyl (C=O) groups is 1. The Hall–Kier alpha value is -0.570. The molecule has 0 aliphatic carbocycles. The fourth-order valence-corrected chi connectivity index (χ4v) is 0.331. The lowest BCUT2D eigenvalue weighted by atomic mass is 10.4. The molecule has 0 aromatic heterocycles. The molecule has 0 heterocycles. The summed E-state index contributed by atoms with van der Waals surface area (Å²) in [6, 6.07) is 0. The molecule has 0 bridgehead atoms. The molecule has 1 N–H and O–H groups in total. The van der Waals surface area contributed by atoms with E-state index in [0.717, 1.165) is 0 Å². The number of aliphatic hydroxyl groups excluding tert-OH is 1. The zero-order valence-corrected chi connectivity index (χ0v) is 5.92. The Morgan fingerprint density at radius 1 is 1.44 bits per heavy atom. The maximum Gasteiger partial charge on any atom is 0.334 e. The largest absolute Gasteiger partial charge is 0.461 e. The molecule has 0 amide bonds. The van der Waals surface area contributed by atoms with Gasteiger partial charge in [0.2, 0.25) is 0 Å². The molecule has 54 valence electrons. The van der Waals surface area contributed by atoms with Crippen LogP contribution in [0.5, 0.6) is 0 Å². The van der Waals surface area contributed by atoms with Crippen LogP contribution in [0.3, 0.4) is 0 Å². The summed E-state index contributed by atoms with van der Waals surface area (Å²) in [4.78, 5) is 10.5. The maximum absolute atomic E-state index is 10.5. The number of aliphatic hydroxyl groups is 1. The lowest BCUT2D eigenvalue weighted by Gasteiger charge is -2.08. The maximum atomic E-state index is 10.5. The highest BCUT2D eigenvalue weighted by Gasteiger charge is 2.10. The van der Waals surface area contributed by atoms with Gasteiger partial charge in [-0.15, -0.1) is 0 Å². The van der Waals surface area contributed by atoms with Gasteiger partial charge in [-0.1, -0.05) is 0 Å². The average Bonchev–Trinajstić information content (AvgIpc) is 1.63. The number of ether oxygens (including phenoxy) is 1. The lowest BCUT2D eigenvalue weighted by Crippen LogP contribution is -2.22. The summed E-state index contributed by atoms with van der Waals surface area (Å²) < 4.78 is 4.62. The van der Waals surface area contributed by atoms with Crippen LogP contribution in [0.1, 0.15) is 20.8 Å². The summed E-state index contributed by atoms with van der Waals surface area (Å²) in [5.74, 6) is -0.565. The summed E-state index contributed by atoms with van der Waals surface area (Å²) in [7, 11) is 0. The van der Waals surface area contributed by atoms with Crippen molar-refractivity contribution in [2.24, 2.45) is 0 Å². The molecule has 0 aromatic rings. The van der Waals surface area contributed by atoms with E-state index in [1.807, 2.05) is 0 Å². The van der Waals surface area contributed by atoms with Crippen LogP contribution in [0.25, 0.3) is 0 Å². The molecule has 1 atom stereocenters. The van der Waals surface area contributed by atoms with E-state index in [2.05, 4.69) is 4.74 Å². The van der Waals surface area contributed by atoms with Crippen molar-refractivity contribution in [1.29, 1.82) is 0 Å². The number of esters is 1. The Bertz CT molecular complexity index is 96.5. The van der Waals surface area contributed by atoms with Gasteiger partial charge in [-0.05, 0) is 20.8 Å². The minimum absolute atomic E-state index is 0.146. The Labute approximate surface area is 54.6 Å². The number of hydrogen-bond donors (Lipinski definition) is 1. The van der Waals surface area contributed by atoms with Crippen molar-refractivity contribution in [2.45, 2.75) is 33.0 Å². The van der Waals surface area contributed by atoms with Gasteiger partial charge in [0, 0.05) is 0 Å². The first kappa shape index (κ1) is 8.43. The third kappa shape index (κ3) is 3.97. The van der Waals surface area contributed by atoms with Crippen molar-refractivity contribution < 1.29 is 14.6 Å². The van der Waals surface area contributed by atoms with E-state index in [0.29, 0.717) is 0 Å². The van der Waals surface area contributed by atoms with Crippen LogP contribution in [-0.2, 0) is 9.53 Å². The number of hydrogen-bond acceptors (Lipinski definition) is 3. The van der Waals surface area contributed by atoms with Crippen LogP contribution >= 0.6 is 0 Å². The summed E-state index contributed by atoms with van der Waals surface area (Å²) >= 11 is 0. The SMILES string of the molecule is CC(C)OC(=O)[C@@H](C)O.